The predicted molar refractivity (Wildman–Crippen MR) is 118 cm³/mol. The van der Waals surface area contributed by atoms with Gasteiger partial charge in [-0.3, -0.25) is 14.9 Å². The Labute approximate surface area is 183 Å². The van der Waals surface area contributed by atoms with E-state index in [0.29, 0.717) is 29.4 Å². The number of aromatic nitrogens is 3. The van der Waals surface area contributed by atoms with Gasteiger partial charge in [0.05, 0.1) is 21.3 Å². The Morgan fingerprint density at radius 3 is 2.52 bits per heavy atom. The second-order valence-corrected chi connectivity index (χ2v) is 7.88. The molecule has 0 saturated carbocycles. The molecule has 1 N–H and O–H groups in total. The van der Waals surface area contributed by atoms with Crippen LogP contribution in [0.25, 0.3) is 5.69 Å². The molecule has 1 amide bonds. The van der Waals surface area contributed by atoms with Gasteiger partial charge in [-0.15, -0.1) is 0 Å². The van der Waals surface area contributed by atoms with Gasteiger partial charge in [-0.1, -0.05) is 11.6 Å². The second kappa shape index (κ2) is 8.73. The van der Waals surface area contributed by atoms with Gasteiger partial charge in [0.25, 0.3) is 5.69 Å². The molecule has 0 radical (unpaired) electrons. The van der Waals surface area contributed by atoms with Gasteiger partial charge in [-0.2, -0.15) is 5.10 Å². The molecule has 0 unspecified atom stereocenters. The van der Waals surface area contributed by atoms with E-state index in [2.05, 4.69) is 20.3 Å². The number of nitro groups is 1. The van der Waals surface area contributed by atoms with Gasteiger partial charge >= 0.3 is 0 Å². The number of pyridine rings is 1. The number of nitro benzene ring substituents is 1. The third-order valence-corrected chi connectivity index (χ3v) is 5.51. The molecule has 0 atom stereocenters. The van der Waals surface area contributed by atoms with Crippen molar-refractivity contribution in [2.24, 2.45) is 5.92 Å². The van der Waals surface area contributed by atoms with E-state index in [1.54, 1.807) is 29.1 Å². The molecule has 1 aliphatic rings. The molecule has 31 heavy (non-hydrogen) atoms. The molecule has 9 nitrogen and oxygen atoms in total. The minimum atomic E-state index is -0.452. The predicted octanol–water partition coefficient (Wildman–Crippen LogP) is 3.99. The van der Waals surface area contributed by atoms with Crippen LogP contribution in [0, 0.1) is 23.0 Å². The summed E-state index contributed by atoms with van der Waals surface area (Å²) in [6.07, 6.45) is 3.04. The van der Waals surface area contributed by atoms with Crippen LogP contribution >= 0.6 is 11.6 Å². The molecule has 160 valence electrons. The summed E-state index contributed by atoms with van der Waals surface area (Å²) < 4.78 is 1.59. The number of carbonyl (C=O) groups is 1. The van der Waals surface area contributed by atoms with E-state index >= 15 is 0 Å². The second-order valence-electron chi connectivity index (χ2n) is 7.44. The Hall–Kier alpha value is -3.46. The summed E-state index contributed by atoms with van der Waals surface area (Å²) in [5, 5.41) is 18.9. The average molecular weight is 441 g/mol. The summed E-state index contributed by atoms with van der Waals surface area (Å²) in [4.78, 5) is 29.8. The molecule has 3 heterocycles. The molecular weight excluding hydrogens is 420 g/mol. The Kier molecular flexibility index (Phi) is 5.85. The number of benzene rings is 1. The fourth-order valence-electron chi connectivity index (χ4n) is 3.66. The van der Waals surface area contributed by atoms with Gasteiger partial charge in [0.1, 0.15) is 11.6 Å². The zero-order valence-corrected chi connectivity index (χ0v) is 17.6. The highest BCUT2D eigenvalue weighted by Gasteiger charge is 2.26. The number of amides is 1. The Morgan fingerprint density at radius 1 is 1.19 bits per heavy atom. The van der Waals surface area contributed by atoms with E-state index in [1.165, 1.54) is 12.1 Å². The number of piperidine rings is 1. The maximum absolute atomic E-state index is 12.9. The highest BCUT2D eigenvalue weighted by Crippen LogP contribution is 2.25. The van der Waals surface area contributed by atoms with Gasteiger partial charge in [0.15, 0.2) is 0 Å². The lowest BCUT2D eigenvalue weighted by atomic mass is 9.96. The van der Waals surface area contributed by atoms with Crippen LogP contribution < -0.4 is 10.2 Å². The zero-order chi connectivity index (χ0) is 22.0. The molecule has 2 aromatic heterocycles. The van der Waals surface area contributed by atoms with E-state index < -0.39 is 4.92 Å². The molecule has 1 aromatic carbocycles. The number of nitrogens with one attached hydrogen (secondary N) is 1. The maximum atomic E-state index is 12.9. The summed E-state index contributed by atoms with van der Waals surface area (Å²) in [5.41, 5.74) is 1.37. The number of hydrogen-bond donors (Lipinski definition) is 1. The number of anilines is 2. The first-order chi connectivity index (χ1) is 14.9. The molecule has 10 heteroatoms. The van der Waals surface area contributed by atoms with Crippen molar-refractivity contribution in [3.63, 3.8) is 0 Å². The van der Waals surface area contributed by atoms with Crippen molar-refractivity contribution in [2.75, 3.05) is 23.3 Å². The lowest BCUT2D eigenvalue weighted by Crippen LogP contribution is -2.38. The van der Waals surface area contributed by atoms with Crippen molar-refractivity contribution >= 4 is 34.8 Å². The largest absolute Gasteiger partial charge is 0.357 e. The molecule has 1 fully saturated rings. The van der Waals surface area contributed by atoms with Crippen molar-refractivity contribution in [1.82, 2.24) is 14.8 Å². The van der Waals surface area contributed by atoms with Crippen LogP contribution in [0.3, 0.4) is 0 Å². The molecule has 0 spiro atoms. The normalized spacial score (nSPS) is 14.5. The summed E-state index contributed by atoms with van der Waals surface area (Å²) in [6, 6.07) is 11.5. The fourth-order valence-corrected chi connectivity index (χ4v) is 3.77. The first-order valence-corrected chi connectivity index (χ1v) is 10.3. The van der Waals surface area contributed by atoms with Crippen LogP contribution in [0.1, 0.15) is 18.5 Å². The van der Waals surface area contributed by atoms with Gasteiger partial charge in [-0.05, 0) is 44.0 Å². The third kappa shape index (κ3) is 4.66. The average Bonchev–Trinajstić information content (AvgIpc) is 3.14. The summed E-state index contributed by atoms with van der Waals surface area (Å²) in [5.74, 6) is 1.21. The van der Waals surface area contributed by atoms with Gasteiger partial charge in [0, 0.05) is 43.4 Å². The quantitative estimate of drug-likeness (QED) is 0.475. The summed E-state index contributed by atoms with van der Waals surface area (Å²) in [6.45, 7) is 3.29. The molecule has 1 saturated heterocycles. The Morgan fingerprint density at radius 2 is 1.90 bits per heavy atom. The molecule has 4 rings (SSSR count). The SMILES string of the molecule is Cc1cc(NC(=O)C2CCN(c3ccc(Cl)cn3)CC2)n(-c2ccc([N+](=O)[O-])cc2)n1. The molecule has 1 aliphatic heterocycles. The fraction of sp³-hybridized carbons (Fsp3) is 0.286. The Balaban J connectivity index is 1.42. The standard InChI is InChI=1S/C21H21ClN6O3/c1-14-12-20(27(25-14)17-3-5-18(6-4-17)28(30)31)24-21(29)15-8-10-26(11-9-15)19-7-2-16(22)13-23-19/h2-7,12-13,15H,8-11H2,1H3,(H,24,29). The zero-order valence-electron chi connectivity index (χ0n) is 16.9. The minimum Gasteiger partial charge on any atom is -0.357 e. The van der Waals surface area contributed by atoms with E-state index in [0.717, 1.165) is 24.6 Å². The summed E-state index contributed by atoms with van der Waals surface area (Å²) in [7, 11) is 0. The number of hydrogen-bond acceptors (Lipinski definition) is 6. The van der Waals surface area contributed by atoms with E-state index in [4.69, 9.17) is 11.6 Å². The smallest absolute Gasteiger partial charge is 0.269 e. The molecule has 0 aliphatic carbocycles. The number of nitrogens with zero attached hydrogens (tertiary/aromatic N) is 5. The maximum Gasteiger partial charge on any atom is 0.269 e. The number of non-ortho nitro benzene ring substituents is 1. The van der Waals surface area contributed by atoms with Crippen LogP contribution in [0.15, 0.2) is 48.7 Å². The van der Waals surface area contributed by atoms with Crippen LogP contribution in [0.5, 0.6) is 0 Å². The Bertz CT molecular complexity index is 1090. The lowest BCUT2D eigenvalue weighted by molar-refractivity contribution is -0.384. The van der Waals surface area contributed by atoms with Crippen LogP contribution in [0.2, 0.25) is 5.02 Å². The first kappa shape index (κ1) is 20.8. The highest BCUT2D eigenvalue weighted by molar-refractivity contribution is 6.30. The van der Waals surface area contributed by atoms with E-state index in [-0.39, 0.29) is 17.5 Å². The number of halogens is 1. The third-order valence-electron chi connectivity index (χ3n) is 5.29. The van der Waals surface area contributed by atoms with Crippen molar-refractivity contribution in [3.05, 3.63) is 69.5 Å². The topological polar surface area (TPSA) is 106 Å². The molecule has 3 aromatic rings. The van der Waals surface area contributed by atoms with Crippen LogP contribution in [-0.4, -0.2) is 38.7 Å². The lowest BCUT2D eigenvalue weighted by Gasteiger charge is -2.32. The van der Waals surface area contributed by atoms with Crippen molar-refractivity contribution in [3.8, 4) is 5.69 Å². The number of carbonyl (C=O) groups excluding carboxylic acids is 1. The molecule has 0 bridgehead atoms. The van der Waals surface area contributed by atoms with Crippen LogP contribution in [-0.2, 0) is 4.79 Å². The van der Waals surface area contributed by atoms with Gasteiger partial charge in [-0.25, -0.2) is 9.67 Å². The van der Waals surface area contributed by atoms with Crippen molar-refractivity contribution in [2.45, 2.75) is 19.8 Å². The van der Waals surface area contributed by atoms with Crippen molar-refractivity contribution in [1.29, 1.82) is 0 Å². The van der Waals surface area contributed by atoms with Crippen molar-refractivity contribution < 1.29 is 9.72 Å². The van der Waals surface area contributed by atoms with E-state index in [1.807, 2.05) is 19.1 Å². The number of rotatable bonds is 5. The van der Waals surface area contributed by atoms with E-state index in [9.17, 15) is 14.9 Å². The molecular formula is C21H21ClN6O3. The highest BCUT2D eigenvalue weighted by atomic mass is 35.5. The summed E-state index contributed by atoms with van der Waals surface area (Å²) >= 11 is 5.90. The first-order valence-electron chi connectivity index (χ1n) is 9.89. The minimum absolute atomic E-state index is 0.000139. The van der Waals surface area contributed by atoms with Crippen LogP contribution in [0.4, 0.5) is 17.3 Å². The van der Waals surface area contributed by atoms with Gasteiger partial charge < -0.3 is 10.2 Å². The monoisotopic (exact) mass is 440 g/mol. The number of aryl methyl sites for hydroxylation is 1. The van der Waals surface area contributed by atoms with Gasteiger partial charge in [0.2, 0.25) is 5.91 Å².